The molecule has 1 fully saturated rings. The zero-order valence-corrected chi connectivity index (χ0v) is 12.0. The van der Waals surface area contributed by atoms with E-state index in [1.54, 1.807) is 0 Å². The first-order chi connectivity index (χ1) is 9.86. The first-order valence-electron chi connectivity index (χ1n) is 7.11. The third-order valence-corrected chi connectivity index (χ3v) is 3.82. The molecule has 1 aliphatic heterocycles. The average molecular weight is 304 g/mol. The molecule has 1 atom stereocenters. The van der Waals surface area contributed by atoms with Crippen molar-refractivity contribution in [3.63, 3.8) is 0 Å². The first-order valence-corrected chi connectivity index (χ1v) is 7.11. The fourth-order valence-corrected chi connectivity index (χ4v) is 2.76. The Hall–Kier alpha value is -1.14. The lowest BCUT2D eigenvalue weighted by atomic mass is 9.98. The number of halogens is 4. The summed E-state index contributed by atoms with van der Waals surface area (Å²) in [5, 5.41) is 3.17. The van der Waals surface area contributed by atoms with E-state index in [2.05, 4.69) is 17.3 Å². The molecule has 1 aliphatic rings. The molecule has 21 heavy (non-hydrogen) atoms. The Kier molecular flexibility index (Phi) is 5.22. The highest BCUT2D eigenvalue weighted by molar-refractivity contribution is 5.27. The lowest BCUT2D eigenvalue weighted by Crippen LogP contribution is -2.37. The highest BCUT2D eigenvalue weighted by Crippen LogP contribution is 2.31. The highest BCUT2D eigenvalue weighted by Gasteiger charge is 2.34. The van der Waals surface area contributed by atoms with Gasteiger partial charge < -0.3 is 10.2 Å². The van der Waals surface area contributed by atoms with Gasteiger partial charge in [0.25, 0.3) is 0 Å². The Bertz CT molecular complexity index is 473. The Labute approximate surface area is 122 Å². The quantitative estimate of drug-likeness (QED) is 0.859. The number of nitrogens with one attached hydrogen (secondary N) is 1. The monoisotopic (exact) mass is 304 g/mol. The number of likely N-dealkylation sites (tertiary alicyclic amines) is 1. The highest BCUT2D eigenvalue weighted by atomic mass is 19.4. The molecule has 2 rings (SSSR count). The maximum atomic E-state index is 13.2. The summed E-state index contributed by atoms with van der Waals surface area (Å²) < 4.78 is 51.0. The van der Waals surface area contributed by atoms with Crippen molar-refractivity contribution in [3.8, 4) is 0 Å². The number of hydrogen-bond acceptors (Lipinski definition) is 2. The molecule has 1 heterocycles. The van der Waals surface area contributed by atoms with Crippen LogP contribution in [-0.4, -0.2) is 31.6 Å². The minimum absolute atomic E-state index is 0.323. The van der Waals surface area contributed by atoms with Crippen molar-refractivity contribution in [2.45, 2.75) is 25.6 Å². The van der Waals surface area contributed by atoms with Crippen LogP contribution in [0.5, 0.6) is 0 Å². The van der Waals surface area contributed by atoms with Crippen LogP contribution >= 0.6 is 0 Å². The Morgan fingerprint density at radius 2 is 2.10 bits per heavy atom. The van der Waals surface area contributed by atoms with Gasteiger partial charge >= 0.3 is 6.18 Å². The molecule has 118 valence electrons. The largest absolute Gasteiger partial charge is 0.419 e. The van der Waals surface area contributed by atoms with Gasteiger partial charge in [-0.25, -0.2) is 4.39 Å². The molecule has 0 radical (unpaired) electrons. The molecule has 1 aromatic carbocycles. The molecular formula is C15H20F4N2. The molecule has 1 unspecified atom stereocenters. The summed E-state index contributed by atoms with van der Waals surface area (Å²) >= 11 is 0. The zero-order chi connectivity index (χ0) is 15.5. The van der Waals surface area contributed by atoms with E-state index in [-0.39, 0.29) is 0 Å². The predicted octanol–water partition coefficient (Wildman–Crippen LogP) is 3.28. The summed E-state index contributed by atoms with van der Waals surface area (Å²) in [5.74, 6) is -0.702. The molecule has 0 aliphatic carbocycles. The van der Waals surface area contributed by atoms with Crippen molar-refractivity contribution in [2.75, 3.05) is 26.7 Å². The second-order valence-electron chi connectivity index (χ2n) is 5.71. The number of alkyl halides is 3. The fourth-order valence-electron chi connectivity index (χ4n) is 2.76. The van der Waals surface area contributed by atoms with Crippen LogP contribution in [-0.2, 0) is 12.7 Å². The molecule has 0 saturated carbocycles. The predicted molar refractivity (Wildman–Crippen MR) is 73.3 cm³/mol. The van der Waals surface area contributed by atoms with Crippen molar-refractivity contribution in [1.29, 1.82) is 0 Å². The van der Waals surface area contributed by atoms with Gasteiger partial charge in [0.15, 0.2) is 0 Å². The number of nitrogens with zero attached hydrogens (tertiary/aromatic N) is 1. The van der Waals surface area contributed by atoms with E-state index < -0.39 is 17.6 Å². The van der Waals surface area contributed by atoms with Crippen molar-refractivity contribution < 1.29 is 17.6 Å². The lowest BCUT2D eigenvalue weighted by molar-refractivity contribution is -0.140. The van der Waals surface area contributed by atoms with Gasteiger partial charge in [-0.05, 0) is 56.6 Å². The van der Waals surface area contributed by atoms with Crippen LogP contribution in [0.15, 0.2) is 18.2 Å². The molecule has 0 spiro atoms. The summed E-state index contributed by atoms with van der Waals surface area (Å²) in [5.41, 5.74) is -0.743. The Morgan fingerprint density at radius 1 is 1.33 bits per heavy atom. The van der Waals surface area contributed by atoms with Crippen LogP contribution in [0.25, 0.3) is 0 Å². The number of benzene rings is 1. The van der Waals surface area contributed by atoms with Gasteiger partial charge in [-0.1, -0.05) is 6.07 Å². The molecule has 0 aromatic heterocycles. The van der Waals surface area contributed by atoms with Crippen molar-refractivity contribution >= 4 is 0 Å². The summed E-state index contributed by atoms with van der Waals surface area (Å²) in [6, 6.07) is 3.16. The van der Waals surface area contributed by atoms with E-state index in [1.165, 1.54) is 6.07 Å². The minimum atomic E-state index is -4.65. The van der Waals surface area contributed by atoms with Gasteiger partial charge in [-0.15, -0.1) is 0 Å². The molecule has 1 aromatic rings. The van der Waals surface area contributed by atoms with Gasteiger partial charge in [0.2, 0.25) is 0 Å². The summed E-state index contributed by atoms with van der Waals surface area (Å²) in [4.78, 5) is 2.26. The van der Waals surface area contributed by atoms with Crippen LogP contribution in [0.1, 0.15) is 24.0 Å². The molecule has 2 nitrogen and oxygen atoms in total. The maximum absolute atomic E-state index is 13.2. The normalized spacial score (nSPS) is 20.7. The van der Waals surface area contributed by atoms with Crippen molar-refractivity contribution in [3.05, 3.63) is 35.1 Å². The average Bonchev–Trinajstić information content (AvgIpc) is 2.39. The second-order valence-corrected chi connectivity index (χ2v) is 5.71. The third kappa shape index (κ3) is 4.68. The van der Waals surface area contributed by atoms with Gasteiger partial charge in [-0.3, -0.25) is 0 Å². The first kappa shape index (κ1) is 16.2. The van der Waals surface area contributed by atoms with Crippen LogP contribution in [0.4, 0.5) is 17.6 Å². The van der Waals surface area contributed by atoms with Crippen LogP contribution in [0.2, 0.25) is 0 Å². The van der Waals surface area contributed by atoms with E-state index in [0.29, 0.717) is 18.0 Å². The van der Waals surface area contributed by atoms with Crippen molar-refractivity contribution in [2.24, 2.45) is 5.92 Å². The zero-order valence-electron chi connectivity index (χ0n) is 12.0. The second kappa shape index (κ2) is 6.75. The molecule has 0 amide bonds. The summed E-state index contributed by atoms with van der Waals surface area (Å²) in [6.45, 7) is 3.19. The number of piperidine rings is 1. The van der Waals surface area contributed by atoms with Crippen LogP contribution in [0.3, 0.4) is 0 Å². The third-order valence-electron chi connectivity index (χ3n) is 3.82. The molecule has 1 saturated heterocycles. The van der Waals surface area contributed by atoms with E-state index in [0.717, 1.165) is 44.6 Å². The maximum Gasteiger partial charge on any atom is 0.419 e. The van der Waals surface area contributed by atoms with Gasteiger partial charge in [-0.2, -0.15) is 13.2 Å². The summed E-state index contributed by atoms with van der Waals surface area (Å²) in [6.07, 6.45) is -2.36. The Morgan fingerprint density at radius 3 is 2.76 bits per heavy atom. The van der Waals surface area contributed by atoms with Gasteiger partial charge in [0, 0.05) is 13.1 Å². The smallest absolute Gasteiger partial charge is 0.312 e. The number of rotatable bonds is 4. The molecule has 6 heteroatoms. The minimum Gasteiger partial charge on any atom is -0.312 e. The van der Waals surface area contributed by atoms with Gasteiger partial charge in [0.05, 0.1) is 5.56 Å². The fraction of sp³-hybridized carbons (Fsp3) is 0.600. The molecular weight excluding hydrogens is 284 g/mol. The van der Waals surface area contributed by atoms with Gasteiger partial charge in [0.1, 0.15) is 5.82 Å². The SMILES string of the molecule is CN1CCCC(CNCc2ccc(F)c(C(F)(F)F)c2)C1. The van der Waals surface area contributed by atoms with E-state index in [4.69, 9.17) is 0 Å². The van der Waals surface area contributed by atoms with E-state index >= 15 is 0 Å². The Balaban J connectivity index is 1.89. The standard InChI is InChI=1S/C15H20F4N2/c1-21-6-2-3-12(10-21)9-20-8-11-4-5-14(16)13(7-11)15(17,18)19/h4-5,7,12,20H,2-3,6,8-10H2,1H3. The van der Waals surface area contributed by atoms with E-state index in [9.17, 15) is 17.6 Å². The lowest BCUT2D eigenvalue weighted by Gasteiger charge is -2.29. The van der Waals surface area contributed by atoms with Crippen LogP contribution < -0.4 is 5.32 Å². The summed E-state index contributed by atoms with van der Waals surface area (Å²) in [7, 11) is 2.07. The van der Waals surface area contributed by atoms with E-state index in [1.807, 2.05) is 0 Å². The molecule has 1 N–H and O–H groups in total. The number of hydrogen-bond donors (Lipinski definition) is 1. The van der Waals surface area contributed by atoms with Crippen molar-refractivity contribution in [1.82, 2.24) is 10.2 Å². The topological polar surface area (TPSA) is 15.3 Å². The molecule has 0 bridgehead atoms. The van der Waals surface area contributed by atoms with Crippen LogP contribution in [0, 0.1) is 11.7 Å².